The fourth-order valence-electron chi connectivity index (χ4n) is 2.13. The van der Waals surface area contributed by atoms with Gasteiger partial charge in [-0.15, -0.1) is 10.2 Å². The molecule has 2 heterocycles. The molecule has 3 N–H and O–H groups in total. The molecule has 0 bridgehead atoms. The largest absolute Gasteiger partial charge is 0.368 e. The smallest absolute Gasteiger partial charge is 0.234 e. The number of hydrogen-bond donors (Lipinski definition) is 2. The molecule has 7 heteroatoms. The minimum Gasteiger partial charge on any atom is -0.368 e. The molecule has 0 saturated carbocycles. The molecular formula is C11H19N5OS. The number of primary amides is 1. The highest BCUT2D eigenvalue weighted by Crippen LogP contribution is 2.22. The molecule has 0 radical (unpaired) electrons. The number of nitrogens with two attached hydrogens (primary N) is 1. The van der Waals surface area contributed by atoms with Gasteiger partial charge in [0.15, 0.2) is 0 Å². The van der Waals surface area contributed by atoms with Crippen LogP contribution in [0.5, 0.6) is 0 Å². The van der Waals surface area contributed by atoms with Crippen molar-refractivity contribution in [2.24, 2.45) is 5.73 Å². The number of likely N-dealkylation sites (tertiary alicyclic amines) is 1. The van der Waals surface area contributed by atoms with E-state index in [4.69, 9.17) is 5.73 Å². The van der Waals surface area contributed by atoms with Crippen LogP contribution in [0.15, 0.2) is 0 Å². The molecule has 1 aliphatic rings. The highest BCUT2D eigenvalue weighted by atomic mass is 32.1. The van der Waals surface area contributed by atoms with E-state index in [2.05, 4.69) is 27.3 Å². The van der Waals surface area contributed by atoms with E-state index in [0.29, 0.717) is 6.54 Å². The van der Waals surface area contributed by atoms with Crippen LogP contribution in [0, 0.1) is 0 Å². The molecule has 1 amide bonds. The first-order valence-electron chi connectivity index (χ1n) is 6.30. The number of nitrogens with zero attached hydrogens (tertiary/aromatic N) is 3. The van der Waals surface area contributed by atoms with Gasteiger partial charge in [-0.1, -0.05) is 18.3 Å². The Labute approximate surface area is 111 Å². The molecule has 100 valence electrons. The summed E-state index contributed by atoms with van der Waals surface area (Å²) in [4.78, 5) is 13.4. The van der Waals surface area contributed by atoms with Crippen molar-refractivity contribution < 1.29 is 4.79 Å². The van der Waals surface area contributed by atoms with E-state index in [1.165, 1.54) is 0 Å². The number of nitrogens with one attached hydrogen (secondary N) is 1. The van der Waals surface area contributed by atoms with Gasteiger partial charge in [-0.25, -0.2) is 0 Å². The minimum atomic E-state index is -0.235. The number of carbonyl (C=O) groups is 1. The number of aromatic nitrogens is 2. The summed E-state index contributed by atoms with van der Waals surface area (Å²) in [6.45, 7) is 4.59. The third-order valence-corrected chi connectivity index (χ3v) is 3.89. The van der Waals surface area contributed by atoms with E-state index >= 15 is 0 Å². The summed E-state index contributed by atoms with van der Waals surface area (Å²) < 4.78 is 0. The molecule has 1 atom stereocenters. The number of anilines is 1. The van der Waals surface area contributed by atoms with Gasteiger partial charge in [-0.2, -0.15) is 0 Å². The first kappa shape index (κ1) is 13.2. The third-order valence-electron chi connectivity index (χ3n) is 3.02. The number of hydrogen-bond acceptors (Lipinski definition) is 6. The predicted molar refractivity (Wildman–Crippen MR) is 71.3 cm³/mol. The predicted octanol–water partition coefficient (Wildman–Crippen LogP) is 0.810. The minimum absolute atomic E-state index is 0.138. The van der Waals surface area contributed by atoms with Crippen LogP contribution in [-0.4, -0.2) is 40.1 Å². The van der Waals surface area contributed by atoms with Gasteiger partial charge in [-0.3, -0.25) is 9.69 Å². The van der Waals surface area contributed by atoms with Crippen LogP contribution in [0.1, 0.15) is 31.2 Å². The lowest BCUT2D eigenvalue weighted by Crippen LogP contribution is -2.39. The van der Waals surface area contributed by atoms with Gasteiger partial charge >= 0.3 is 0 Å². The standard InChI is InChI=1S/C11H19N5OS/c1-2-5-13-11-15-14-9(18-11)7-16-6-3-4-8(16)10(12)17/h8H,2-7H2,1H3,(H2,12,17)(H,13,15). The zero-order chi connectivity index (χ0) is 13.0. The lowest BCUT2D eigenvalue weighted by molar-refractivity contribution is -0.122. The average molecular weight is 269 g/mol. The fraction of sp³-hybridized carbons (Fsp3) is 0.727. The van der Waals surface area contributed by atoms with Crippen LogP contribution in [0.2, 0.25) is 0 Å². The molecule has 1 saturated heterocycles. The second-order valence-corrected chi connectivity index (χ2v) is 5.52. The summed E-state index contributed by atoms with van der Waals surface area (Å²) in [5.74, 6) is -0.235. The van der Waals surface area contributed by atoms with Gasteiger partial charge in [0.05, 0.1) is 12.6 Å². The summed E-state index contributed by atoms with van der Waals surface area (Å²) in [5, 5.41) is 13.2. The summed E-state index contributed by atoms with van der Waals surface area (Å²) >= 11 is 1.55. The molecule has 6 nitrogen and oxygen atoms in total. The van der Waals surface area contributed by atoms with Crippen molar-refractivity contribution in [1.29, 1.82) is 0 Å². The van der Waals surface area contributed by atoms with Gasteiger partial charge < -0.3 is 11.1 Å². The molecule has 0 spiro atoms. The molecule has 1 aliphatic heterocycles. The van der Waals surface area contributed by atoms with Crippen molar-refractivity contribution in [3.63, 3.8) is 0 Å². The Hall–Kier alpha value is -1.21. The normalized spacial score (nSPS) is 20.2. The fourth-order valence-corrected chi connectivity index (χ4v) is 2.92. The summed E-state index contributed by atoms with van der Waals surface area (Å²) in [6.07, 6.45) is 2.94. The average Bonchev–Trinajstić information content (AvgIpc) is 2.96. The van der Waals surface area contributed by atoms with Gasteiger partial charge in [0, 0.05) is 6.54 Å². The second-order valence-electron chi connectivity index (χ2n) is 4.46. The Balaban J connectivity index is 1.92. The van der Waals surface area contributed by atoms with E-state index in [1.54, 1.807) is 11.3 Å². The zero-order valence-electron chi connectivity index (χ0n) is 10.6. The van der Waals surface area contributed by atoms with Crippen molar-refractivity contribution >= 4 is 22.4 Å². The molecule has 18 heavy (non-hydrogen) atoms. The number of carbonyl (C=O) groups excluding carboxylic acids is 1. The molecule has 2 rings (SSSR count). The van der Waals surface area contributed by atoms with Crippen LogP contribution in [0.25, 0.3) is 0 Å². The Bertz CT molecular complexity index is 408. The van der Waals surface area contributed by atoms with Crippen molar-refractivity contribution in [2.45, 2.75) is 38.8 Å². The molecule has 1 fully saturated rings. The van der Waals surface area contributed by atoms with Crippen molar-refractivity contribution in [2.75, 3.05) is 18.4 Å². The van der Waals surface area contributed by atoms with Crippen LogP contribution in [-0.2, 0) is 11.3 Å². The van der Waals surface area contributed by atoms with Gasteiger partial charge in [0.25, 0.3) is 0 Å². The van der Waals surface area contributed by atoms with E-state index in [9.17, 15) is 4.79 Å². The highest BCUT2D eigenvalue weighted by Gasteiger charge is 2.29. The van der Waals surface area contributed by atoms with Crippen molar-refractivity contribution in [3.8, 4) is 0 Å². The molecule has 0 aliphatic carbocycles. The highest BCUT2D eigenvalue weighted by molar-refractivity contribution is 7.15. The van der Waals surface area contributed by atoms with E-state index in [-0.39, 0.29) is 11.9 Å². The molecule has 1 aromatic rings. The molecule has 0 aromatic carbocycles. The Morgan fingerprint density at radius 3 is 3.17 bits per heavy atom. The maximum Gasteiger partial charge on any atom is 0.234 e. The topological polar surface area (TPSA) is 84.1 Å². The zero-order valence-corrected chi connectivity index (χ0v) is 11.4. The Morgan fingerprint density at radius 1 is 1.61 bits per heavy atom. The number of rotatable bonds is 6. The first-order valence-corrected chi connectivity index (χ1v) is 7.12. The maximum absolute atomic E-state index is 11.3. The van der Waals surface area contributed by atoms with Crippen LogP contribution in [0.3, 0.4) is 0 Å². The summed E-state index contributed by atoms with van der Waals surface area (Å²) in [5.41, 5.74) is 5.39. The van der Waals surface area contributed by atoms with Crippen LogP contribution >= 0.6 is 11.3 Å². The monoisotopic (exact) mass is 269 g/mol. The lowest BCUT2D eigenvalue weighted by atomic mass is 10.2. The maximum atomic E-state index is 11.3. The van der Waals surface area contributed by atoms with E-state index < -0.39 is 0 Å². The van der Waals surface area contributed by atoms with Gasteiger partial charge in [0.2, 0.25) is 11.0 Å². The summed E-state index contributed by atoms with van der Waals surface area (Å²) in [7, 11) is 0. The summed E-state index contributed by atoms with van der Waals surface area (Å²) in [6, 6.07) is -0.138. The quantitative estimate of drug-likeness (QED) is 0.798. The SMILES string of the molecule is CCCNc1nnc(CN2CCCC2C(N)=O)s1. The van der Waals surface area contributed by atoms with Crippen LogP contribution < -0.4 is 11.1 Å². The molecule has 1 unspecified atom stereocenters. The van der Waals surface area contributed by atoms with E-state index in [0.717, 1.165) is 42.5 Å². The molecular weight excluding hydrogens is 250 g/mol. The number of amides is 1. The van der Waals surface area contributed by atoms with Crippen molar-refractivity contribution in [1.82, 2.24) is 15.1 Å². The molecule has 1 aromatic heterocycles. The first-order chi connectivity index (χ1) is 8.70. The van der Waals surface area contributed by atoms with Crippen molar-refractivity contribution in [3.05, 3.63) is 5.01 Å². The van der Waals surface area contributed by atoms with Gasteiger partial charge in [-0.05, 0) is 25.8 Å². The second kappa shape index (κ2) is 6.10. The van der Waals surface area contributed by atoms with Crippen LogP contribution in [0.4, 0.5) is 5.13 Å². The third kappa shape index (κ3) is 3.17. The van der Waals surface area contributed by atoms with E-state index in [1.807, 2.05) is 0 Å². The lowest BCUT2D eigenvalue weighted by Gasteiger charge is -2.19. The Kier molecular flexibility index (Phi) is 4.48. The Morgan fingerprint density at radius 2 is 2.44 bits per heavy atom. The van der Waals surface area contributed by atoms with Gasteiger partial charge in [0.1, 0.15) is 5.01 Å².